The summed E-state index contributed by atoms with van der Waals surface area (Å²) >= 11 is 0. The van der Waals surface area contributed by atoms with E-state index in [1.807, 2.05) is 4.90 Å². The van der Waals surface area contributed by atoms with Crippen LogP contribution in [0.4, 0.5) is 14.5 Å². The quantitative estimate of drug-likeness (QED) is 0.379. The maximum Gasteiger partial charge on any atom is 0.202 e. The molecule has 3 aliphatic rings. The van der Waals surface area contributed by atoms with Gasteiger partial charge in [-0.05, 0) is 24.3 Å². The molecule has 0 spiro atoms. The largest absolute Gasteiger partial charge is 0.470 e. The molecule has 4 N–H and O–H groups in total. The second-order valence-electron chi connectivity index (χ2n) is 9.04. The molecule has 1 aromatic carbocycles. The first kappa shape index (κ1) is 23.5. The number of halogens is 2. The van der Waals surface area contributed by atoms with Crippen LogP contribution in [0.5, 0.6) is 5.88 Å². The fourth-order valence-electron chi connectivity index (χ4n) is 5.04. The first-order valence-electron chi connectivity index (χ1n) is 11.7. The van der Waals surface area contributed by atoms with Gasteiger partial charge in [-0.2, -0.15) is 0 Å². The Labute approximate surface area is 204 Å². The van der Waals surface area contributed by atoms with Gasteiger partial charge in [0.15, 0.2) is 12.4 Å². The lowest BCUT2D eigenvalue weighted by Crippen LogP contribution is -2.36. The maximum atomic E-state index is 15.1. The van der Waals surface area contributed by atoms with E-state index in [2.05, 4.69) is 9.97 Å². The number of morpholine rings is 1. The van der Waals surface area contributed by atoms with Crippen molar-refractivity contribution in [2.75, 3.05) is 44.4 Å². The molecule has 5 heterocycles. The van der Waals surface area contributed by atoms with Gasteiger partial charge in [-0.15, -0.1) is 0 Å². The van der Waals surface area contributed by atoms with Crippen molar-refractivity contribution >= 4 is 16.7 Å². The molecule has 2 unspecified atom stereocenters. The van der Waals surface area contributed by atoms with Crippen molar-refractivity contribution in [1.29, 1.82) is 0 Å². The van der Waals surface area contributed by atoms with E-state index >= 15 is 8.78 Å². The van der Waals surface area contributed by atoms with Crippen LogP contribution >= 0.6 is 0 Å². The Morgan fingerprint density at radius 2 is 1.78 bits per heavy atom. The molecule has 192 valence electrons. The summed E-state index contributed by atoms with van der Waals surface area (Å²) in [4.78, 5) is 9.14. The molecule has 3 fully saturated rings. The number of anilines is 1. The predicted octanol–water partition coefficient (Wildman–Crippen LogP) is 1.23. The molecule has 36 heavy (non-hydrogen) atoms. The Bertz CT molecular complexity index is 1260. The van der Waals surface area contributed by atoms with E-state index in [1.165, 1.54) is 24.3 Å². The fraction of sp³-hybridized carbons (Fsp3) is 0.458. The number of H-pyrrole nitrogens is 1. The molecular weight excluding hydrogens is 480 g/mol. The highest BCUT2D eigenvalue weighted by Crippen LogP contribution is 2.37. The van der Waals surface area contributed by atoms with E-state index in [9.17, 15) is 15.3 Å². The van der Waals surface area contributed by atoms with Crippen molar-refractivity contribution in [2.24, 2.45) is 0 Å². The van der Waals surface area contributed by atoms with Gasteiger partial charge >= 0.3 is 0 Å². The lowest BCUT2D eigenvalue weighted by molar-refractivity contribution is -0.0455. The number of aromatic nitrogens is 2. The van der Waals surface area contributed by atoms with Crippen LogP contribution in [0, 0.1) is 11.6 Å². The zero-order chi connectivity index (χ0) is 25.0. The van der Waals surface area contributed by atoms with Crippen molar-refractivity contribution in [3.63, 3.8) is 0 Å². The standard InChI is InChI=1S/C24H25F2N3O7/c25-12-7-11(29-3-5-33-6-4-29)8-13(26)18(12)14-1-2-15-20(27-14)19(24(31)32)23(28-15)36-17-10-35-21-16(30)9-34-22(17)21/h1-2,7-8,16-17,21-22,24,28,30-32H,3-6,9-10H2/t16?,17-,21?,22-/m1/s1. The molecule has 3 saturated heterocycles. The number of aromatic amines is 1. The number of nitrogens with zero attached hydrogens (tertiary/aromatic N) is 2. The van der Waals surface area contributed by atoms with Gasteiger partial charge in [0.1, 0.15) is 35.5 Å². The third-order valence-electron chi connectivity index (χ3n) is 6.81. The highest BCUT2D eigenvalue weighted by molar-refractivity contribution is 5.85. The number of fused-ring (bicyclic) bond motifs is 2. The molecule has 0 amide bonds. The number of hydrogen-bond acceptors (Lipinski definition) is 9. The summed E-state index contributed by atoms with van der Waals surface area (Å²) in [5.74, 6) is -1.55. The van der Waals surface area contributed by atoms with E-state index in [0.29, 0.717) is 37.5 Å². The van der Waals surface area contributed by atoms with Gasteiger partial charge in [-0.1, -0.05) is 0 Å². The van der Waals surface area contributed by atoms with Gasteiger partial charge in [0.2, 0.25) is 5.88 Å². The van der Waals surface area contributed by atoms with E-state index in [0.717, 1.165) is 0 Å². The van der Waals surface area contributed by atoms with Crippen LogP contribution in [0.15, 0.2) is 24.3 Å². The summed E-state index contributed by atoms with van der Waals surface area (Å²) in [6.45, 7) is 2.27. The summed E-state index contributed by atoms with van der Waals surface area (Å²) < 4.78 is 52.6. The predicted molar refractivity (Wildman–Crippen MR) is 122 cm³/mol. The molecule has 0 bridgehead atoms. The van der Waals surface area contributed by atoms with Crippen molar-refractivity contribution in [2.45, 2.75) is 30.7 Å². The first-order chi connectivity index (χ1) is 17.4. The SMILES string of the molecule is OC(O)c1c(O[C@@H]2COC3C(O)CO[C@@H]32)[nH]c2ccc(-c3c(F)cc(N4CCOCC4)cc3F)nc12. The van der Waals surface area contributed by atoms with Gasteiger partial charge in [0.05, 0.1) is 48.8 Å². The van der Waals surface area contributed by atoms with Crippen LogP contribution in [0.3, 0.4) is 0 Å². The molecule has 6 rings (SSSR count). The minimum absolute atomic E-state index is 0.00927. The molecule has 2 aromatic heterocycles. The molecule has 3 aromatic rings. The zero-order valence-electron chi connectivity index (χ0n) is 19.1. The third-order valence-corrected chi connectivity index (χ3v) is 6.81. The molecule has 0 saturated carbocycles. The maximum absolute atomic E-state index is 15.1. The molecule has 4 atom stereocenters. The van der Waals surface area contributed by atoms with Gasteiger partial charge < -0.3 is 44.2 Å². The summed E-state index contributed by atoms with van der Waals surface area (Å²) in [6.07, 6.45) is -4.41. The Hall–Kier alpha value is -2.87. The smallest absolute Gasteiger partial charge is 0.202 e. The number of nitrogens with one attached hydrogen (secondary N) is 1. The van der Waals surface area contributed by atoms with Gasteiger partial charge in [0, 0.05) is 18.8 Å². The highest BCUT2D eigenvalue weighted by atomic mass is 19.1. The molecule has 10 nitrogen and oxygen atoms in total. The number of aliphatic hydroxyl groups is 3. The van der Waals surface area contributed by atoms with Crippen molar-refractivity contribution in [3.05, 3.63) is 41.5 Å². The zero-order valence-corrected chi connectivity index (χ0v) is 19.1. The number of rotatable bonds is 5. The lowest BCUT2D eigenvalue weighted by atomic mass is 10.1. The van der Waals surface area contributed by atoms with E-state index < -0.39 is 42.3 Å². The van der Waals surface area contributed by atoms with Crippen LogP contribution in [0.2, 0.25) is 0 Å². The number of benzene rings is 1. The van der Waals surface area contributed by atoms with Crippen LogP contribution in [0.25, 0.3) is 22.3 Å². The van der Waals surface area contributed by atoms with E-state index in [4.69, 9.17) is 18.9 Å². The lowest BCUT2D eigenvalue weighted by Gasteiger charge is -2.29. The van der Waals surface area contributed by atoms with E-state index in [1.54, 1.807) is 0 Å². The molecule has 3 aliphatic heterocycles. The summed E-state index contributed by atoms with van der Waals surface area (Å²) in [6, 6.07) is 5.50. The Morgan fingerprint density at radius 3 is 2.50 bits per heavy atom. The molecule has 12 heteroatoms. The summed E-state index contributed by atoms with van der Waals surface area (Å²) in [5, 5.41) is 30.1. The Morgan fingerprint density at radius 1 is 1.06 bits per heavy atom. The number of hydrogen-bond donors (Lipinski definition) is 4. The third kappa shape index (κ3) is 3.99. The average molecular weight is 505 g/mol. The number of ether oxygens (including phenoxy) is 4. The first-order valence-corrected chi connectivity index (χ1v) is 11.7. The Balaban J connectivity index is 1.34. The Kier molecular flexibility index (Phi) is 6.02. The molecular formula is C24H25F2N3O7. The number of aliphatic hydroxyl groups excluding tert-OH is 2. The normalized spacial score (nSPS) is 26.2. The topological polar surface area (TPSA) is 130 Å². The second kappa shape index (κ2) is 9.21. The van der Waals surface area contributed by atoms with Crippen molar-refractivity contribution in [3.8, 4) is 17.1 Å². The summed E-state index contributed by atoms with van der Waals surface area (Å²) in [7, 11) is 0. The van der Waals surface area contributed by atoms with Crippen LogP contribution in [0.1, 0.15) is 11.9 Å². The summed E-state index contributed by atoms with van der Waals surface area (Å²) in [5.41, 5.74) is 0.473. The van der Waals surface area contributed by atoms with Gasteiger partial charge in [-0.25, -0.2) is 13.8 Å². The molecule has 0 aliphatic carbocycles. The monoisotopic (exact) mass is 505 g/mol. The highest BCUT2D eigenvalue weighted by Gasteiger charge is 2.48. The van der Waals surface area contributed by atoms with Gasteiger partial charge in [-0.3, -0.25) is 0 Å². The molecule has 0 radical (unpaired) electrons. The second-order valence-corrected chi connectivity index (χ2v) is 9.04. The van der Waals surface area contributed by atoms with Crippen LogP contribution in [-0.4, -0.2) is 89.2 Å². The van der Waals surface area contributed by atoms with Crippen LogP contribution in [-0.2, 0) is 14.2 Å². The fourth-order valence-corrected chi connectivity index (χ4v) is 5.04. The van der Waals surface area contributed by atoms with Crippen LogP contribution < -0.4 is 9.64 Å². The minimum atomic E-state index is -1.98. The number of pyridine rings is 1. The average Bonchev–Trinajstić information content (AvgIpc) is 3.54. The van der Waals surface area contributed by atoms with Gasteiger partial charge in [0.25, 0.3) is 0 Å². The van der Waals surface area contributed by atoms with Crippen molar-refractivity contribution < 1.29 is 43.0 Å². The van der Waals surface area contributed by atoms with Crippen molar-refractivity contribution in [1.82, 2.24) is 9.97 Å². The van der Waals surface area contributed by atoms with E-state index in [-0.39, 0.29) is 41.4 Å². The minimum Gasteiger partial charge on any atom is -0.470 e.